The Balaban J connectivity index is 2.29. The molecule has 6 N–H and O–H groups in total. The molecule has 118 valence electrons. The number of aryl methyl sites for hydroxylation is 1. The SMILES string of the molecule is COC1=CC2(N)Nc3cc(C)cc(c3C)NC1(N)C=C2OC. The van der Waals surface area contributed by atoms with Crippen LogP contribution in [0.2, 0.25) is 0 Å². The number of hydrogen-bond donors (Lipinski definition) is 4. The smallest absolute Gasteiger partial charge is 0.168 e. The van der Waals surface area contributed by atoms with Gasteiger partial charge in [-0.2, -0.15) is 0 Å². The maximum Gasteiger partial charge on any atom is 0.168 e. The van der Waals surface area contributed by atoms with Gasteiger partial charge in [-0.15, -0.1) is 0 Å². The van der Waals surface area contributed by atoms with E-state index in [0.29, 0.717) is 11.5 Å². The highest BCUT2D eigenvalue weighted by Crippen LogP contribution is 2.39. The molecule has 0 spiro atoms. The first kappa shape index (κ1) is 14.7. The summed E-state index contributed by atoms with van der Waals surface area (Å²) in [6.45, 7) is 4.04. The number of ether oxygens (including phenoxy) is 2. The lowest BCUT2D eigenvalue weighted by atomic mass is 9.93. The normalized spacial score (nSPS) is 29.2. The second-order valence-electron chi connectivity index (χ2n) is 5.90. The summed E-state index contributed by atoms with van der Waals surface area (Å²) in [5.74, 6) is 1.06. The predicted molar refractivity (Wildman–Crippen MR) is 87.2 cm³/mol. The molecule has 0 saturated heterocycles. The Morgan fingerprint density at radius 3 is 1.64 bits per heavy atom. The molecule has 4 rings (SSSR count). The molecule has 0 radical (unpaired) electrons. The van der Waals surface area contributed by atoms with Gasteiger partial charge in [0.2, 0.25) is 0 Å². The summed E-state index contributed by atoms with van der Waals surface area (Å²) < 4.78 is 11.0. The summed E-state index contributed by atoms with van der Waals surface area (Å²) in [6, 6.07) is 4.09. The largest absolute Gasteiger partial charge is 0.497 e. The molecule has 2 aliphatic heterocycles. The number of anilines is 2. The second kappa shape index (κ2) is 4.66. The highest BCUT2D eigenvalue weighted by Gasteiger charge is 2.44. The average Bonchev–Trinajstić information content (AvgIpc) is 2.48. The molecule has 1 aromatic carbocycles. The van der Waals surface area contributed by atoms with Crippen LogP contribution in [0.1, 0.15) is 11.1 Å². The molecule has 0 fully saturated rings. The van der Waals surface area contributed by atoms with Gasteiger partial charge in [-0.25, -0.2) is 0 Å². The number of hydrogen-bond acceptors (Lipinski definition) is 6. The van der Waals surface area contributed by atoms with Crippen LogP contribution in [-0.2, 0) is 9.47 Å². The molecule has 2 atom stereocenters. The molecule has 3 aliphatic rings. The lowest BCUT2D eigenvalue weighted by Gasteiger charge is -2.39. The summed E-state index contributed by atoms with van der Waals surface area (Å²) in [5, 5.41) is 6.70. The molecule has 0 aromatic heterocycles. The fourth-order valence-electron chi connectivity index (χ4n) is 3.01. The minimum atomic E-state index is -1.02. The molecule has 6 heteroatoms. The summed E-state index contributed by atoms with van der Waals surface area (Å²) in [7, 11) is 3.15. The van der Waals surface area contributed by atoms with Gasteiger partial charge in [0, 0.05) is 23.5 Å². The summed E-state index contributed by atoms with van der Waals surface area (Å²) in [6.07, 6.45) is 3.51. The van der Waals surface area contributed by atoms with Crippen molar-refractivity contribution >= 4 is 11.4 Å². The Kier molecular flexibility index (Phi) is 3.12. The van der Waals surface area contributed by atoms with Crippen LogP contribution in [0.25, 0.3) is 0 Å². The minimum absolute atomic E-state index is 0.530. The number of rotatable bonds is 2. The van der Waals surface area contributed by atoms with Gasteiger partial charge in [0.1, 0.15) is 11.5 Å². The van der Waals surface area contributed by atoms with Gasteiger partial charge in [-0.3, -0.25) is 11.5 Å². The standard InChI is InChI=1S/C16H22N4O2/c1-9-5-11-10(2)12(6-9)20-16(18)7-13(21-3)15(17,19-11)8-14(16)22-4/h5-8,19-20H,17-18H2,1-4H3. The van der Waals surface area contributed by atoms with Crippen LogP contribution in [0.3, 0.4) is 0 Å². The number of nitrogens with two attached hydrogens (primary N) is 2. The minimum Gasteiger partial charge on any atom is -0.497 e. The van der Waals surface area contributed by atoms with Crippen LogP contribution >= 0.6 is 0 Å². The summed E-state index contributed by atoms with van der Waals surface area (Å²) in [5.41, 5.74) is 15.0. The third-order valence-corrected chi connectivity index (χ3v) is 4.21. The zero-order chi connectivity index (χ0) is 16.1. The molecular formula is C16H22N4O2. The topological polar surface area (TPSA) is 94.6 Å². The van der Waals surface area contributed by atoms with Crippen LogP contribution in [0.5, 0.6) is 0 Å². The van der Waals surface area contributed by atoms with Crippen LogP contribution in [0.4, 0.5) is 11.4 Å². The van der Waals surface area contributed by atoms with Crippen molar-refractivity contribution in [2.75, 3.05) is 24.9 Å². The van der Waals surface area contributed by atoms with Crippen molar-refractivity contribution in [1.29, 1.82) is 0 Å². The first-order valence-electron chi connectivity index (χ1n) is 7.11. The summed E-state index contributed by atoms with van der Waals surface area (Å²) in [4.78, 5) is 0. The van der Waals surface area contributed by atoms with Crippen LogP contribution in [0, 0.1) is 13.8 Å². The number of methoxy groups -OCH3 is 2. The predicted octanol–water partition coefficient (Wildman–Crippen LogP) is 1.53. The third kappa shape index (κ3) is 2.03. The van der Waals surface area contributed by atoms with Gasteiger partial charge in [0.05, 0.1) is 14.2 Å². The van der Waals surface area contributed by atoms with E-state index in [2.05, 4.69) is 10.6 Å². The van der Waals surface area contributed by atoms with Crippen molar-refractivity contribution in [1.82, 2.24) is 0 Å². The molecule has 1 aromatic rings. The zero-order valence-electron chi connectivity index (χ0n) is 13.3. The Morgan fingerprint density at radius 2 is 1.27 bits per heavy atom. The van der Waals surface area contributed by atoms with Crippen LogP contribution in [-0.4, -0.2) is 25.5 Å². The van der Waals surface area contributed by atoms with Gasteiger partial charge >= 0.3 is 0 Å². The quantitative estimate of drug-likeness (QED) is 0.662. The van der Waals surface area contributed by atoms with Gasteiger partial charge < -0.3 is 20.1 Å². The Morgan fingerprint density at radius 1 is 0.864 bits per heavy atom. The van der Waals surface area contributed by atoms with E-state index in [0.717, 1.165) is 22.5 Å². The van der Waals surface area contributed by atoms with E-state index in [1.54, 1.807) is 26.4 Å². The fourth-order valence-corrected chi connectivity index (χ4v) is 3.01. The van der Waals surface area contributed by atoms with Gasteiger partial charge in [0.15, 0.2) is 11.3 Å². The Bertz CT molecular complexity index is 642. The fraction of sp³-hybridized carbons (Fsp3) is 0.375. The van der Waals surface area contributed by atoms with Gasteiger partial charge in [-0.05, 0) is 37.1 Å². The lowest BCUT2D eigenvalue weighted by Crippen LogP contribution is -2.57. The molecule has 2 heterocycles. The van der Waals surface area contributed by atoms with Gasteiger partial charge in [-0.1, -0.05) is 0 Å². The van der Waals surface area contributed by atoms with Crippen molar-refractivity contribution in [2.24, 2.45) is 11.5 Å². The van der Waals surface area contributed by atoms with E-state index in [9.17, 15) is 0 Å². The van der Waals surface area contributed by atoms with E-state index in [1.807, 2.05) is 26.0 Å². The van der Waals surface area contributed by atoms with E-state index in [1.165, 1.54) is 0 Å². The molecule has 6 nitrogen and oxygen atoms in total. The molecule has 2 unspecified atom stereocenters. The monoisotopic (exact) mass is 302 g/mol. The van der Waals surface area contributed by atoms with Crippen molar-refractivity contribution in [3.63, 3.8) is 0 Å². The average molecular weight is 302 g/mol. The van der Waals surface area contributed by atoms with E-state index in [4.69, 9.17) is 20.9 Å². The van der Waals surface area contributed by atoms with Gasteiger partial charge in [0.25, 0.3) is 0 Å². The first-order chi connectivity index (χ1) is 10.3. The van der Waals surface area contributed by atoms with E-state index in [-0.39, 0.29) is 0 Å². The number of benzene rings is 1. The molecule has 1 aliphatic carbocycles. The first-order valence-corrected chi connectivity index (χ1v) is 7.11. The lowest BCUT2D eigenvalue weighted by molar-refractivity contribution is 0.207. The molecule has 4 bridgehead atoms. The van der Waals surface area contributed by atoms with Crippen molar-refractivity contribution in [3.05, 3.63) is 46.9 Å². The highest BCUT2D eigenvalue weighted by molar-refractivity contribution is 5.72. The number of nitrogens with one attached hydrogen (secondary N) is 2. The second-order valence-corrected chi connectivity index (χ2v) is 5.90. The zero-order valence-corrected chi connectivity index (χ0v) is 13.3. The summed E-state index contributed by atoms with van der Waals surface area (Å²) >= 11 is 0. The van der Waals surface area contributed by atoms with Crippen LogP contribution < -0.4 is 22.1 Å². The maximum atomic E-state index is 6.53. The molecule has 0 saturated carbocycles. The van der Waals surface area contributed by atoms with E-state index >= 15 is 0 Å². The molecular weight excluding hydrogens is 280 g/mol. The Hall–Kier alpha value is -2.18. The van der Waals surface area contributed by atoms with Crippen molar-refractivity contribution in [2.45, 2.75) is 25.2 Å². The van der Waals surface area contributed by atoms with Crippen LogP contribution in [0.15, 0.2) is 35.8 Å². The molecule has 0 amide bonds. The van der Waals surface area contributed by atoms with Crippen molar-refractivity contribution in [3.8, 4) is 0 Å². The third-order valence-electron chi connectivity index (χ3n) is 4.21. The van der Waals surface area contributed by atoms with E-state index < -0.39 is 11.3 Å². The van der Waals surface area contributed by atoms with Crippen molar-refractivity contribution < 1.29 is 9.47 Å². The Labute approximate surface area is 130 Å². The molecule has 22 heavy (non-hydrogen) atoms. The highest BCUT2D eigenvalue weighted by atomic mass is 16.5. The maximum absolute atomic E-state index is 6.53.